The zero-order valence-corrected chi connectivity index (χ0v) is 5.81. The maximum Gasteiger partial charge on any atom is 0.253 e. The monoisotopic (exact) mass is 151 g/mol. The molecule has 0 fully saturated rings. The van der Waals surface area contributed by atoms with Gasteiger partial charge in [0.15, 0.2) is 0 Å². The number of hydrogen-bond acceptors (Lipinski definition) is 4. The summed E-state index contributed by atoms with van der Waals surface area (Å²) in [5.74, 6) is 0. The maximum atomic E-state index is 10.7. The second-order valence-corrected chi connectivity index (χ2v) is 2.18. The summed E-state index contributed by atoms with van der Waals surface area (Å²) >= 11 is 0. The van der Waals surface area contributed by atoms with Crippen molar-refractivity contribution in [3.63, 3.8) is 0 Å². The van der Waals surface area contributed by atoms with E-state index in [0.717, 1.165) is 0 Å². The Morgan fingerprint density at radius 3 is 2.27 bits per heavy atom. The molecule has 0 amide bonds. The summed E-state index contributed by atoms with van der Waals surface area (Å²) in [5, 5.41) is 2.49. The topological polar surface area (TPSA) is 72.2 Å². The number of hydrogen-bond donors (Lipinski definition) is 2. The quantitative estimate of drug-likeness (QED) is 0.565. The van der Waals surface area contributed by atoms with Crippen LogP contribution in [0.3, 0.4) is 0 Å². The number of anilines is 2. The average Bonchev–Trinajstić information content (AvgIpc) is 1.98. The molecule has 0 atom stereocenters. The molecule has 3 N–H and O–H groups in total. The third-order valence-electron chi connectivity index (χ3n) is 1.25. The van der Waals surface area contributed by atoms with Gasteiger partial charge in [-0.15, -0.1) is 0 Å². The minimum absolute atomic E-state index is 0.0419. The summed E-state index contributed by atoms with van der Waals surface area (Å²) in [7, 11) is 0. The molecule has 1 rings (SSSR count). The minimum Gasteiger partial charge on any atom is -0.394 e. The summed E-state index contributed by atoms with van der Waals surface area (Å²) in [5.41, 5.74) is 4.34. The summed E-state index contributed by atoms with van der Waals surface area (Å²) in [4.78, 5) is 21.2. The van der Waals surface area contributed by atoms with Crippen LogP contribution in [0.5, 0.6) is 0 Å². The Balaban J connectivity index is 3.00. The van der Waals surface area contributed by atoms with Crippen molar-refractivity contribution < 1.29 is 0 Å². The minimum atomic E-state index is -0.645. The Kier molecular flexibility index (Phi) is 1.53. The van der Waals surface area contributed by atoms with E-state index in [1.54, 1.807) is 0 Å². The Bertz CT molecular complexity index is 372. The molecule has 0 aliphatic rings. The first-order chi connectivity index (χ1) is 5.04. The number of nitrogens with one attached hydrogen (secondary N) is 1. The van der Waals surface area contributed by atoms with E-state index >= 15 is 0 Å². The Labute approximate surface area is 63.0 Å². The van der Waals surface area contributed by atoms with E-state index < -0.39 is 10.9 Å². The van der Waals surface area contributed by atoms with E-state index in [9.17, 15) is 9.59 Å². The third kappa shape index (κ3) is 1.02. The van der Waals surface area contributed by atoms with E-state index in [1.165, 1.54) is 0 Å². The fourth-order valence-corrected chi connectivity index (χ4v) is 0.710. The van der Waals surface area contributed by atoms with Crippen LogP contribution >= 0.6 is 0 Å². The second kappa shape index (κ2) is 2.23. The van der Waals surface area contributed by atoms with Gasteiger partial charge in [0, 0.05) is 5.70 Å². The molecule has 1 aromatic carbocycles. The van der Waals surface area contributed by atoms with Gasteiger partial charge in [0.25, 0.3) is 10.9 Å². The molecule has 0 unspecified atom stereocenters. The Morgan fingerprint density at radius 2 is 1.91 bits per heavy atom. The number of nitrogens with two attached hydrogens (primary N) is 1. The average molecular weight is 151 g/mol. The normalized spacial score (nSPS) is 9.91. The summed E-state index contributed by atoms with van der Waals surface area (Å²) in [6.07, 6.45) is 0. The van der Waals surface area contributed by atoms with Crippen molar-refractivity contribution in [3.8, 4) is 0 Å². The predicted octanol–water partition coefficient (Wildman–Crippen LogP) is -0.376. The van der Waals surface area contributed by atoms with Crippen LogP contribution in [0.1, 0.15) is 0 Å². The van der Waals surface area contributed by atoms with Crippen molar-refractivity contribution in [1.29, 1.82) is 0 Å². The summed E-state index contributed by atoms with van der Waals surface area (Å²) in [6, 6.07) is 0. The highest BCUT2D eigenvalue weighted by atomic mass is 16.2. The first kappa shape index (κ1) is 7.53. The van der Waals surface area contributed by atoms with Crippen LogP contribution < -0.4 is 21.9 Å². The molecule has 0 heterocycles. The van der Waals surface area contributed by atoms with Crippen LogP contribution in [-0.4, -0.2) is 0 Å². The Hall–Kier alpha value is -1.58. The molecule has 0 aliphatic carbocycles. The zero-order chi connectivity index (χ0) is 8.59. The number of rotatable bonds is 2. The lowest BCUT2D eigenvalue weighted by atomic mass is 10.2. The van der Waals surface area contributed by atoms with Gasteiger partial charge in [0.05, 0.1) is 0 Å². The van der Waals surface area contributed by atoms with E-state index in [1.807, 2.05) is 0 Å². The van der Waals surface area contributed by atoms with Crippen molar-refractivity contribution in [1.82, 2.24) is 0 Å². The molecule has 57 valence electrons. The third-order valence-corrected chi connectivity index (χ3v) is 1.25. The lowest BCUT2D eigenvalue weighted by molar-refractivity contribution is 1.36. The number of nitrogen functional groups attached to an aromatic ring is 1. The van der Waals surface area contributed by atoms with Gasteiger partial charge in [-0.2, -0.15) is 0 Å². The van der Waals surface area contributed by atoms with Gasteiger partial charge in [-0.1, -0.05) is 6.58 Å². The van der Waals surface area contributed by atoms with Crippen LogP contribution in [0, 0.1) is 6.92 Å². The van der Waals surface area contributed by atoms with Crippen molar-refractivity contribution in [2.24, 2.45) is 0 Å². The molecule has 11 heavy (non-hydrogen) atoms. The first-order valence-electron chi connectivity index (χ1n) is 2.90. The van der Waals surface area contributed by atoms with Gasteiger partial charge in [0.2, 0.25) is 0 Å². The molecule has 0 saturated heterocycles. The highest BCUT2D eigenvalue weighted by Crippen LogP contribution is 2.10. The molecule has 0 spiro atoms. The van der Waals surface area contributed by atoms with Crippen LogP contribution in [0.2, 0.25) is 0 Å². The van der Waals surface area contributed by atoms with Gasteiger partial charge in [-0.25, -0.2) is 0 Å². The number of allylic oxidation sites excluding steroid dienone is 1. The van der Waals surface area contributed by atoms with E-state index in [4.69, 9.17) is 5.73 Å². The summed E-state index contributed by atoms with van der Waals surface area (Å²) < 4.78 is 0. The molecular weight excluding hydrogens is 144 g/mol. The SMILES string of the molecule is [CH2]C(=C)Nc1c(N)c(=O)c1=O. The standard InChI is InChI=1S/C7H7N2O2/c1-3(2)9-5-4(8)6(10)7(5)11/h9H,1-2,8H2. The molecule has 0 bridgehead atoms. The smallest absolute Gasteiger partial charge is 0.253 e. The highest BCUT2D eigenvalue weighted by Gasteiger charge is 2.16. The van der Waals surface area contributed by atoms with E-state index in [2.05, 4.69) is 18.8 Å². The fraction of sp³-hybridized carbons (Fsp3) is 0. The lowest BCUT2D eigenvalue weighted by Gasteiger charge is -2.07. The fourth-order valence-electron chi connectivity index (χ4n) is 0.710. The second-order valence-electron chi connectivity index (χ2n) is 2.18. The van der Waals surface area contributed by atoms with Crippen LogP contribution in [0.15, 0.2) is 21.9 Å². The molecule has 0 saturated carbocycles. The molecule has 0 aliphatic heterocycles. The molecule has 4 heteroatoms. The van der Waals surface area contributed by atoms with Gasteiger partial charge < -0.3 is 11.1 Å². The van der Waals surface area contributed by atoms with Crippen LogP contribution in [0.4, 0.5) is 11.4 Å². The highest BCUT2D eigenvalue weighted by molar-refractivity contribution is 5.73. The molecule has 0 aromatic heterocycles. The maximum absolute atomic E-state index is 10.7. The van der Waals surface area contributed by atoms with Gasteiger partial charge in [-0.05, 0) is 6.92 Å². The largest absolute Gasteiger partial charge is 0.394 e. The predicted molar refractivity (Wildman–Crippen MR) is 43.9 cm³/mol. The molecule has 1 radical (unpaired) electrons. The van der Waals surface area contributed by atoms with Crippen molar-refractivity contribution in [3.05, 3.63) is 39.6 Å². The Morgan fingerprint density at radius 1 is 1.36 bits per heavy atom. The van der Waals surface area contributed by atoms with Crippen molar-refractivity contribution in [2.45, 2.75) is 0 Å². The van der Waals surface area contributed by atoms with E-state index in [0.29, 0.717) is 5.70 Å². The van der Waals surface area contributed by atoms with Gasteiger partial charge in [-0.3, -0.25) is 9.59 Å². The molecule has 4 nitrogen and oxygen atoms in total. The zero-order valence-electron chi connectivity index (χ0n) is 5.81. The lowest BCUT2D eigenvalue weighted by Crippen LogP contribution is -2.36. The van der Waals surface area contributed by atoms with Gasteiger partial charge >= 0.3 is 0 Å². The van der Waals surface area contributed by atoms with Crippen molar-refractivity contribution >= 4 is 11.4 Å². The van der Waals surface area contributed by atoms with E-state index in [-0.39, 0.29) is 11.4 Å². The van der Waals surface area contributed by atoms with Crippen LogP contribution in [-0.2, 0) is 0 Å². The molecule has 1 aromatic rings. The molecular formula is C7H7N2O2. The van der Waals surface area contributed by atoms with Gasteiger partial charge in [0.1, 0.15) is 11.4 Å². The van der Waals surface area contributed by atoms with Crippen LogP contribution in [0.25, 0.3) is 0 Å². The summed E-state index contributed by atoms with van der Waals surface area (Å²) in [6.45, 7) is 6.79. The first-order valence-corrected chi connectivity index (χ1v) is 2.90. The van der Waals surface area contributed by atoms with Crippen molar-refractivity contribution in [2.75, 3.05) is 11.1 Å².